The second-order valence-electron chi connectivity index (χ2n) is 9.56. The lowest BCUT2D eigenvalue weighted by molar-refractivity contribution is -0.122. The van der Waals surface area contributed by atoms with Crippen LogP contribution in [-0.4, -0.2) is 32.8 Å². The van der Waals surface area contributed by atoms with E-state index in [1.807, 2.05) is 37.3 Å². The molecule has 0 fully saturated rings. The van der Waals surface area contributed by atoms with E-state index in [0.29, 0.717) is 31.6 Å². The number of hydrogen-bond acceptors (Lipinski definition) is 6. The van der Waals surface area contributed by atoms with Crippen LogP contribution in [0.15, 0.2) is 48.5 Å². The van der Waals surface area contributed by atoms with Crippen LogP contribution in [0.25, 0.3) is 21.9 Å². The largest absolute Gasteiger partial charge is 0.382 e. The molecule has 0 aliphatic heterocycles. The lowest BCUT2D eigenvalue weighted by Gasteiger charge is -2.13. The Balaban J connectivity index is 1.51. The number of unbranched alkanes of at least 4 members (excludes halogenated alkanes) is 1. The SMILES string of the molecule is CCCCc1nc2c(N)nc3ccccc3c2n1Cc1ccc(NCC(=O)CCC(CC)C(N)=O)cc1. The van der Waals surface area contributed by atoms with Crippen LogP contribution in [0.3, 0.4) is 0 Å². The van der Waals surface area contributed by atoms with Crippen molar-refractivity contribution in [1.29, 1.82) is 0 Å². The maximum Gasteiger partial charge on any atom is 0.220 e. The summed E-state index contributed by atoms with van der Waals surface area (Å²) in [4.78, 5) is 33.1. The van der Waals surface area contributed by atoms with Crippen LogP contribution in [0.2, 0.25) is 0 Å². The summed E-state index contributed by atoms with van der Waals surface area (Å²) in [5, 5.41) is 4.23. The number of primary amides is 1. The van der Waals surface area contributed by atoms with E-state index >= 15 is 0 Å². The Labute approximate surface area is 217 Å². The number of pyridine rings is 1. The van der Waals surface area contributed by atoms with E-state index in [9.17, 15) is 9.59 Å². The summed E-state index contributed by atoms with van der Waals surface area (Å²) >= 11 is 0. The van der Waals surface area contributed by atoms with Gasteiger partial charge in [-0.1, -0.05) is 50.6 Å². The highest BCUT2D eigenvalue weighted by Crippen LogP contribution is 2.30. The summed E-state index contributed by atoms with van der Waals surface area (Å²) in [5.41, 5.74) is 16.3. The maximum absolute atomic E-state index is 12.3. The van der Waals surface area contributed by atoms with Crippen molar-refractivity contribution in [2.75, 3.05) is 17.6 Å². The molecular weight excluding hydrogens is 464 g/mol. The van der Waals surface area contributed by atoms with E-state index in [1.54, 1.807) is 0 Å². The average Bonchev–Trinajstić information content (AvgIpc) is 3.26. The van der Waals surface area contributed by atoms with Gasteiger partial charge in [-0.05, 0) is 43.0 Å². The normalized spacial score (nSPS) is 12.2. The second-order valence-corrected chi connectivity index (χ2v) is 9.56. The van der Waals surface area contributed by atoms with Gasteiger partial charge in [0, 0.05) is 36.4 Å². The van der Waals surface area contributed by atoms with Crippen molar-refractivity contribution in [3.8, 4) is 0 Å². The van der Waals surface area contributed by atoms with E-state index in [2.05, 4.69) is 40.0 Å². The molecule has 2 aromatic carbocycles. The number of nitrogens with two attached hydrogens (primary N) is 2. The Morgan fingerprint density at radius 2 is 1.81 bits per heavy atom. The molecule has 5 N–H and O–H groups in total. The van der Waals surface area contributed by atoms with Crippen LogP contribution < -0.4 is 16.8 Å². The highest BCUT2D eigenvalue weighted by atomic mass is 16.1. The Kier molecular flexibility index (Phi) is 8.38. The van der Waals surface area contributed by atoms with Crippen LogP contribution in [0.1, 0.15) is 57.3 Å². The summed E-state index contributed by atoms with van der Waals surface area (Å²) in [6, 6.07) is 16.1. The van der Waals surface area contributed by atoms with Gasteiger partial charge in [-0.15, -0.1) is 0 Å². The molecule has 8 heteroatoms. The number of nitrogens with zero attached hydrogens (tertiary/aromatic N) is 3. The number of imidazole rings is 1. The number of aromatic nitrogens is 3. The Morgan fingerprint density at radius 1 is 1.05 bits per heavy atom. The summed E-state index contributed by atoms with van der Waals surface area (Å²) in [7, 11) is 0. The van der Waals surface area contributed by atoms with Gasteiger partial charge in [0.15, 0.2) is 11.6 Å². The van der Waals surface area contributed by atoms with E-state index in [1.165, 1.54) is 0 Å². The van der Waals surface area contributed by atoms with Crippen molar-refractivity contribution in [1.82, 2.24) is 14.5 Å². The second kappa shape index (κ2) is 11.9. The molecule has 2 heterocycles. The number of Topliss-reactive ketones (excluding diaryl/α,β-unsaturated/α-hetero) is 1. The van der Waals surface area contributed by atoms with E-state index < -0.39 is 0 Å². The highest BCUT2D eigenvalue weighted by Gasteiger charge is 2.18. The number of fused-ring (bicyclic) bond motifs is 3. The smallest absolute Gasteiger partial charge is 0.220 e. The molecule has 4 rings (SSSR count). The minimum atomic E-state index is -0.339. The fourth-order valence-electron chi connectivity index (χ4n) is 4.68. The number of carbonyl (C=O) groups is 2. The topological polar surface area (TPSA) is 129 Å². The molecule has 0 radical (unpaired) electrons. The van der Waals surface area contributed by atoms with Crippen molar-refractivity contribution in [2.24, 2.45) is 11.7 Å². The van der Waals surface area contributed by atoms with Crippen molar-refractivity contribution in [3.05, 3.63) is 59.9 Å². The summed E-state index contributed by atoms with van der Waals surface area (Å²) < 4.78 is 2.26. The number of para-hydroxylation sites is 1. The number of nitrogen functional groups attached to an aromatic ring is 1. The number of rotatable bonds is 13. The molecule has 1 unspecified atom stereocenters. The minimum absolute atomic E-state index is 0.0623. The number of hydrogen-bond donors (Lipinski definition) is 3. The molecule has 0 bridgehead atoms. The van der Waals surface area contributed by atoms with Crippen molar-refractivity contribution in [3.63, 3.8) is 0 Å². The zero-order valence-electron chi connectivity index (χ0n) is 21.7. The third-order valence-corrected chi connectivity index (χ3v) is 6.89. The van der Waals surface area contributed by atoms with Gasteiger partial charge in [0.05, 0.1) is 17.6 Å². The number of amides is 1. The Hall–Kier alpha value is -3.94. The zero-order valence-corrected chi connectivity index (χ0v) is 21.7. The standard InChI is InChI=1S/C29H36N6O2/c1-3-5-10-25-34-26-27(23-8-6-7-9-24(23)33-28(26)30)35(25)18-19-11-14-21(15-12-19)32-17-22(36)16-13-20(4-2)29(31)37/h6-9,11-12,14-15,20,32H,3-5,10,13,16-18H2,1-2H3,(H2,30,33)(H2,31,37). The molecule has 0 aliphatic carbocycles. The first-order valence-electron chi connectivity index (χ1n) is 13.1. The fourth-order valence-corrected chi connectivity index (χ4v) is 4.68. The predicted octanol–water partition coefficient (Wildman–Crippen LogP) is 4.83. The molecule has 0 saturated heterocycles. The molecule has 194 valence electrons. The Morgan fingerprint density at radius 3 is 2.51 bits per heavy atom. The number of ketones is 1. The van der Waals surface area contributed by atoms with Crippen LogP contribution in [0, 0.1) is 5.92 Å². The van der Waals surface area contributed by atoms with Crippen LogP contribution in [0.4, 0.5) is 11.5 Å². The first kappa shape index (κ1) is 26.1. The molecule has 0 saturated carbocycles. The molecule has 37 heavy (non-hydrogen) atoms. The van der Waals surface area contributed by atoms with Crippen LogP contribution in [0.5, 0.6) is 0 Å². The third-order valence-electron chi connectivity index (χ3n) is 6.89. The van der Waals surface area contributed by atoms with Crippen LogP contribution >= 0.6 is 0 Å². The fraction of sp³-hybridized carbons (Fsp3) is 0.379. The van der Waals surface area contributed by atoms with Gasteiger partial charge in [0.2, 0.25) is 5.91 Å². The first-order chi connectivity index (χ1) is 17.9. The first-order valence-corrected chi connectivity index (χ1v) is 13.1. The van der Waals surface area contributed by atoms with Crippen LogP contribution in [-0.2, 0) is 22.6 Å². The zero-order chi connectivity index (χ0) is 26.4. The molecule has 0 aliphatic rings. The predicted molar refractivity (Wildman–Crippen MR) is 149 cm³/mol. The maximum atomic E-state index is 12.3. The lowest BCUT2D eigenvalue weighted by atomic mass is 9.98. The van der Waals surface area contributed by atoms with E-state index in [4.69, 9.17) is 16.5 Å². The Bertz CT molecular complexity index is 1390. The van der Waals surface area contributed by atoms with Gasteiger partial charge < -0.3 is 21.4 Å². The summed E-state index contributed by atoms with van der Waals surface area (Å²) in [6.07, 6.45) is 4.49. The van der Waals surface area contributed by atoms with Gasteiger partial charge in [0.1, 0.15) is 11.3 Å². The highest BCUT2D eigenvalue weighted by molar-refractivity contribution is 6.06. The molecule has 8 nitrogen and oxygen atoms in total. The molecule has 1 atom stereocenters. The molecule has 1 amide bonds. The van der Waals surface area contributed by atoms with Crippen molar-refractivity contribution < 1.29 is 9.59 Å². The average molecular weight is 501 g/mol. The monoisotopic (exact) mass is 500 g/mol. The molecule has 0 spiro atoms. The van der Waals surface area contributed by atoms with Gasteiger partial charge in [-0.3, -0.25) is 9.59 Å². The number of nitrogens with one attached hydrogen (secondary N) is 1. The van der Waals surface area contributed by atoms with E-state index in [0.717, 1.165) is 58.3 Å². The summed E-state index contributed by atoms with van der Waals surface area (Å²) in [5.74, 6) is 0.945. The van der Waals surface area contributed by atoms with Crippen molar-refractivity contribution in [2.45, 2.75) is 58.9 Å². The van der Waals surface area contributed by atoms with E-state index in [-0.39, 0.29) is 24.2 Å². The summed E-state index contributed by atoms with van der Waals surface area (Å²) in [6.45, 7) is 4.97. The van der Waals surface area contributed by atoms with Gasteiger partial charge in [-0.2, -0.15) is 0 Å². The van der Waals surface area contributed by atoms with Gasteiger partial charge in [0.25, 0.3) is 0 Å². The van der Waals surface area contributed by atoms with Gasteiger partial charge >= 0.3 is 0 Å². The van der Waals surface area contributed by atoms with Crippen molar-refractivity contribution >= 4 is 45.1 Å². The number of benzene rings is 2. The van der Waals surface area contributed by atoms with Gasteiger partial charge in [-0.25, -0.2) is 9.97 Å². The lowest BCUT2D eigenvalue weighted by Crippen LogP contribution is -2.24. The number of aryl methyl sites for hydroxylation is 1. The number of carbonyl (C=O) groups excluding carboxylic acids is 2. The molecular formula is C29H36N6O2. The molecule has 2 aromatic heterocycles. The number of anilines is 2. The minimum Gasteiger partial charge on any atom is -0.382 e. The quantitative estimate of drug-likeness (QED) is 0.241. The molecule has 4 aromatic rings. The third kappa shape index (κ3) is 6.07.